The van der Waals surface area contributed by atoms with E-state index in [-0.39, 0.29) is 5.91 Å². The molecule has 116 valence electrons. The summed E-state index contributed by atoms with van der Waals surface area (Å²) in [5, 5.41) is 3.32. The molecule has 6 nitrogen and oxygen atoms in total. The summed E-state index contributed by atoms with van der Waals surface area (Å²) in [5.74, 6) is 2.03. The molecule has 1 saturated heterocycles. The van der Waals surface area contributed by atoms with Crippen molar-refractivity contribution in [3.63, 3.8) is 0 Å². The molecule has 0 spiro atoms. The van der Waals surface area contributed by atoms with Gasteiger partial charge < -0.3 is 19.5 Å². The Labute approximate surface area is 125 Å². The normalized spacial score (nSPS) is 16.2. The molecule has 0 aliphatic carbocycles. The van der Waals surface area contributed by atoms with E-state index in [0.29, 0.717) is 6.54 Å². The van der Waals surface area contributed by atoms with Crippen LogP contribution in [0.4, 0.5) is 0 Å². The van der Waals surface area contributed by atoms with E-state index in [4.69, 9.17) is 4.42 Å². The van der Waals surface area contributed by atoms with Crippen molar-refractivity contribution in [1.82, 2.24) is 15.1 Å². The minimum atomic E-state index is 0.148. The molecule has 0 aromatic carbocycles. The van der Waals surface area contributed by atoms with E-state index in [1.165, 1.54) is 0 Å². The second-order valence-electron chi connectivity index (χ2n) is 5.06. The van der Waals surface area contributed by atoms with Crippen LogP contribution >= 0.6 is 0 Å². The highest BCUT2D eigenvalue weighted by molar-refractivity contribution is 5.80. The first-order chi connectivity index (χ1) is 10.2. The smallest absolute Gasteiger partial charge is 0.219 e. The average molecular weight is 292 g/mol. The summed E-state index contributed by atoms with van der Waals surface area (Å²) >= 11 is 0. The van der Waals surface area contributed by atoms with Crippen molar-refractivity contribution in [2.45, 2.75) is 20.3 Å². The summed E-state index contributed by atoms with van der Waals surface area (Å²) in [6.07, 6.45) is 2.49. The number of nitrogens with one attached hydrogen (secondary N) is 1. The molecular formula is C15H24N4O2. The maximum Gasteiger partial charge on any atom is 0.219 e. The number of carbonyl (C=O) groups excluding carboxylic acids is 1. The standard InChI is InChI=1S/C15H24N4O2/c1-3-16-15(17-7-6-14-5-4-12-21-14)19-10-8-18(9-11-19)13(2)20/h4-5,12H,3,6-11H2,1-2H3,(H,16,17). The van der Waals surface area contributed by atoms with Gasteiger partial charge >= 0.3 is 0 Å². The van der Waals surface area contributed by atoms with E-state index in [9.17, 15) is 4.79 Å². The molecule has 0 atom stereocenters. The molecule has 0 saturated carbocycles. The molecule has 1 aliphatic rings. The van der Waals surface area contributed by atoms with Crippen LogP contribution in [0.1, 0.15) is 19.6 Å². The lowest BCUT2D eigenvalue weighted by atomic mass is 10.3. The molecule has 21 heavy (non-hydrogen) atoms. The molecule has 1 N–H and O–H groups in total. The van der Waals surface area contributed by atoms with Crippen LogP contribution in [0.25, 0.3) is 0 Å². The Kier molecular flexibility index (Phi) is 5.66. The lowest BCUT2D eigenvalue weighted by molar-refractivity contribution is -0.130. The Bertz CT molecular complexity index is 462. The van der Waals surface area contributed by atoms with Crippen LogP contribution in [-0.2, 0) is 11.2 Å². The molecule has 1 fully saturated rings. The van der Waals surface area contributed by atoms with Crippen molar-refractivity contribution in [2.24, 2.45) is 4.99 Å². The number of carbonyl (C=O) groups is 1. The molecule has 0 unspecified atom stereocenters. The van der Waals surface area contributed by atoms with Gasteiger partial charge in [-0.1, -0.05) is 0 Å². The van der Waals surface area contributed by atoms with Crippen LogP contribution in [0, 0.1) is 0 Å². The lowest BCUT2D eigenvalue weighted by Crippen LogP contribution is -2.53. The molecular weight excluding hydrogens is 268 g/mol. The Morgan fingerprint density at radius 1 is 1.33 bits per heavy atom. The van der Waals surface area contributed by atoms with Crippen LogP contribution in [0.5, 0.6) is 0 Å². The summed E-state index contributed by atoms with van der Waals surface area (Å²) < 4.78 is 5.31. The molecule has 2 rings (SSSR count). The number of hydrogen-bond donors (Lipinski definition) is 1. The Balaban J connectivity index is 1.87. The Hall–Kier alpha value is -1.98. The number of nitrogens with zero attached hydrogens (tertiary/aromatic N) is 3. The van der Waals surface area contributed by atoms with Gasteiger partial charge in [0.05, 0.1) is 6.26 Å². The van der Waals surface area contributed by atoms with Gasteiger partial charge in [-0.25, -0.2) is 0 Å². The van der Waals surface area contributed by atoms with E-state index >= 15 is 0 Å². The minimum absolute atomic E-state index is 0.148. The zero-order valence-electron chi connectivity index (χ0n) is 12.8. The summed E-state index contributed by atoms with van der Waals surface area (Å²) in [4.78, 5) is 20.1. The summed E-state index contributed by atoms with van der Waals surface area (Å²) in [6, 6.07) is 3.86. The van der Waals surface area contributed by atoms with E-state index in [1.807, 2.05) is 17.0 Å². The molecule has 1 aromatic heterocycles. The Morgan fingerprint density at radius 2 is 2.05 bits per heavy atom. The second-order valence-corrected chi connectivity index (χ2v) is 5.06. The maximum atomic E-state index is 11.4. The SMILES string of the molecule is CCNC(=NCCc1ccco1)N1CCN(C(C)=O)CC1. The zero-order chi connectivity index (χ0) is 15.1. The minimum Gasteiger partial charge on any atom is -0.469 e. The first kappa shape index (κ1) is 15.4. The van der Waals surface area contributed by atoms with Crippen LogP contribution in [0.3, 0.4) is 0 Å². The number of piperazine rings is 1. The van der Waals surface area contributed by atoms with Gasteiger partial charge in [0.15, 0.2) is 5.96 Å². The predicted octanol–water partition coefficient (Wildman–Crippen LogP) is 0.952. The lowest BCUT2D eigenvalue weighted by Gasteiger charge is -2.36. The van der Waals surface area contributed by atoms with E-state index in [2.05, 4.69) is 22.1 Å². The Morgan fingerprint density at radius 3 is 2.62 bits per heavy atom. The van der Waals surface area contributed by atoms with Gasteiger partial charge in [0.1, 0.15) is 5.76 Å². The van der Waals surface area contributed by atoms with Gasteiger partial charge in [-0.15, -0.1) is 0 Å². The number of furan rings is 1. The maximum absolute atomic E-state index is 11.4. The van der Waals surface area contributed by atoms with Crippen LogP contribution in [0.2, 0.25) is 0 Å². The molecule has 1 amide bonds. The van der Waals surface area contributed by atoms with Gasteiger partial charge in [-0.05, 0) is 19.1 Å². The van der Waals surface area contributed by atoms with E-state index in [0.717, 1.165) is 50.9 Å². The van der Waals surface area contributed by atoms with Gasteiger partial charge in [0, 0.05) is 52.6 Å². The van der Waals surface area contributed by atoms with E-state index in [1.54, 1.807) is 13.2 Å². The molecule has 0 radical (unpaired) electrons. The number of aliphatic imine (C=N–C) groups is 1. The topological polar surface area (TPSA) is 61.1 Å². The highest BCUT2D eigenvalue weighted by Gasteiger charge is 2.20. The number of guanidine groups is 1. The largest absolute Gasteiger partial charge is 0.469 e. The molecule has 6 heteroatoms. The van der Waals surface area contributed by atoms with Gasteiger partial charge in [0.25, 0.3) is 0 Å². The number of amides is 1. The zero-order valence-corrected chi connectivity index (χ0v) is 12.8. The monoisotopic (exact) mass is 292 g/mol. The summed E-state index contributed by atoms with van der Waals surface area (Å²) in [5.41, 5.74) is 0. The fourth-order valence-electron chi connectivity index (χ4n) is 2.39. The highest BCUT2D eigenvalue weighted by Crippen LogP contribution is 2.04. The fraction of sp³-hybridized carbons (Fsp3) is 0.600. The third kappa shape index (κ3) is 4.51. The first-order valence-electron chi connectivity index (χ1n) is 7.52. The van der Waals surface area contributed by atoms with Crippen molar-refractivity contribution in [1.29, 1.82) is 0 Å². The van der Waals surface area contributed by atoms with Crippen molar-refractivity contribution in [2.75, 3.05) is 39.3 Å². The van der Waals surface area contributed by atoms with Crippen molar-refractivity contribution in [3.05, 3.63) is 24.2 Å². The van der Waals surface area contributed by atoms with E-state index < -0.39 is 0 Å². The van der Waals surface area contributed by atoms with Gasteiger partial charge in [-0.3, -0.25) is 9.79 Å². The average Bonchev–Trinajstić information content (AvgIpc) is 3.00. The molecule has 1 aliphatic heterocycles. The fourth-order valence-corrected chi connectivity index (χ4v) is 2.39. The third-order valence-corrected chi connectivity index (χ3v) is 3.56. The third-order valence-electron chi connectivity index (χ3n) is 3.56. The number of hydrogen-bond acceptors (Lipinski definition) is 3. The molecule has 2 heterocycles. The summed E-state index contributed by atoms with van der Waals surface area (Å²) in [7, 11) is 0. The van der Waals surface area contributed by atoms with Crippen molar-refractivity contribution in [3.8, 4) is 0 Å². The van der Waals surface area contributed by atoms with Gasteiger partial charge in [-0.2, -0.15) is 0 Å². The molecule has 0 bridgehead atoms. The quantitative estimate of drug-likeness (QED) is 0.663. The number of rotatable bonds is 4. The van der Waals surface area contributed by atoms with Crippen LogP contribution < -0.4 is 5.32 Å². The van der Waals surface area contributed by atoms with Crippen LogP contribution in [-0.4, -0.2) is 60.9 Å². The van der Waals surface area contributed by atoms with Crippen LogP contribution in [0.15, 0.2) is 27.8 Å². The summed E-state index contributed by atoms with van der Waals surface area (Å²) in [6.45, 7) is 8.40. The molecule has 1 aromatic rings. The predicted molar refractivity (Wildman–Crippen MR) is 82.2 cm³/mol. The highest BCUT2D eigenvalue weighted by atomic mass is 16.3. The van der Waals surface area contributed by atoms with Crippen molar-refractivity contribution < 1.29 is 9.21 Å². The van der Waals surface area contributed by atoms with Gasteiger partial charge in [0.2, 0.25) is 5.91 Å². The van der Waals surface area contributed by atoms with Crippen molar-refractivity contribution >= 4 is 11.9 Å². The second kappa shape index (κ2) is 7.71. The first-order valence-corrected chi connectivity index (χ1v) is 7.52.